The molecule has 0 unspecified atom stereocenters. The van der Waals surface area contributed by atoms with Crippen molar-refractivity contribution in [3.8, 4) is 16.9 Å². The van der Waals surface area contributed by atoms with Crippen molar-refractivity contribution in [2.75, 3.05) is 13.7 Å². The number of ether oxygens (including phenoxy) is 1. The lowest BCUT2D eigenvalue weighted by Gasteiger charge is -2.22. The molecule has 3 aromatic carbocycles. The SMILES string of the molecule is COc1c(C[C@H](C)CN2C(=O)c3ccccc3C2=O)cc(F)cc1-c1c(Cl)cccc1Cl. The van der Waals surface area contributed by atoms with Gasteiger partial charge in [0.25, 0.3) is 11.8 Å². The Morgan fingerprint density at radius 1 is 0.938 bits per heavy atom. The first kappa shape index (κ1) is 22.3. The van der Waals surface area contributed by atoms with E-state index in [0.29, 0.717) is 50.0 Å². The van der Waals surface area contributed by atoms with E-state index in [4.69, 9.17) is 27.9 Å². The number of amides is 2. The van der Waals surface area contributed by atoms with Gasteiger partial charge in [-0.1, -0.05) is 48.3 Å². The Morgan fingerprint density at radius 3 is 2.09 bits per heavy atom. The molecule has 0 aliphatic carbocycles. The number of fused-ring (bicyclic) bond motifs is 1. The quantitative estimate of drug-likeness (QED) is 0.397. The summed E-state index contributed by atoms with van der Waals surface area (Å²) >= 11 is 12.7. The van der Waals surface area contributed by atoms with Crippen LogP contribution in [0.2, 0.25) is 10.0 Å². The predicted molar refractivity (Wildman–Crippen MR) is 123 cm³/mol. The van der Waals surface area contributed by atoms with Gasteiger partial charge in [-0.15, -0.1) is 0 Å². The molecule has 3 aromatic rings. The molecule has 4 rings (SSSR count). The minimum atomic E-state index is -0.459. The van der Waals surface area contributed by atoms with Crippen molar-refractivity contribution in [2.45, 2.75) is 13.3 Å². The van der Waals surface area contributed by atoms with Crippen molar-refractivity contribution < 1.29 is 18.7 Å². The highest BCUT2D eigenvalue weighted by Gasteiger charge is 2.35. The molecule has 0 N–H and O–H groups in total. The summed E-state index contributed by atoms with van der Waals surface area (Å²) in [5.74, 6) is -0.780. The van der Waals surface area contributed by atoms with Crippen LogP contribution in [0, 0.1) is 11.7 Å². The number of hydrogen-bond acceptors (Lipinski definition) is 3. The molecule has 0 aromatic heterocycles. The molecule has 0 saturated heterocycles. The minimum Gasteiger partial charge on any atom is -0.496 e. The number of carbonyl (C=O) groups excluding carboxylic acids is 2. The minimum absolute atomic E-state index is 0.150. The third kappa shape index (κ3) is 3.98. The van der Waals surface area contributed by atoms with Gasteiger partial charge in [0.1, 0.15) is 11.6 Å². The number of halogens is 3. The molecule has 164 valence electrons. The second-order valence-electron chi connectivity index (χ2n) is 7.82. The summed E-state index contributed by atoms with van der Waals surface area (Å²) in [4.78, 5) is 26.6. The Balaban J connectivity index is 1.63. The first-order chi connectivity index (χ1) is 15.3. The predicted octanol–water partition coefficient (Wildman–Crippen LogP) is 6.28. The van der Waals surface area contributed by atoms with Gasteiger partial charge in [0.05, 0.1) is 28.3 Å². The fourth-order valence-electron chi connectivity index (χ4n) is 4.14. The number of benzene rings is 3. The zero-order valence-corrected chi connectivity index (χ0v) is 19.0. The monoisotopic (exact) mass is 471 g/mol. The Labute approximate surface area is 195 Å². The van der Waals surface area contributed by atoms with Gasteiger partial charge in [-0.2, -0.15) is 0 Å². The third-order valence-electron chi connectivity index (χ3n) is 5.51. The van der Waals surface area contributed by atoms with E-state index in [0.717, 1.165) is 0 Å². The fourth-order valence-corrected chi connectivity index (χ4v) is 4.74. The maximum atomic E-state index is 14.6. The Morgan fingerprint density at radius 2 is 1.53 bits per heavy atom. The molecule has 1 atom stereocenters. The molecule has 1 heterocycles. The maximum absolute atomic E-state index is 14.6. The first-order valence-electron chi connectivity index (χ1n) is 10.1. The third-order valence-corrected chi connectivity index (χ3v) is 6.14. The number of hydrogen-bond donors (Lipinski definition) is 0. The van der Waals surface area contributed by atoms with Crippen molar-refractivity contribution in [2.24, 2.45) is 5.92 Å². The molecule has 0 spiro atoms. The van der Waals surface area contributed by atoms with Crippen LogP contribution in [0.3, 0.4) is 0 Å². The normalized spacial score (nSPS) is 14.0. The summed E-state index contributed by atoms with van der Waals surface area (Å²) in [5, 5.41) is 0.762. The highest BCUT2D eigenvalue weighted by Crippen LogP contribution is 2.42. The number of imide groups is 1. The lowest BCUT2D eigenvalue weighted by molar-refractivity contribution is 0.0632. The summed E-state index contributed by atoms with van der Waals surface area (Å²) in [6.07, 6.45) is 0.378. The maximum Gasteiger partial charge on any atom is 0.261 e. The van der Waals surface area contributed by atoms with E-state index in [1.807, 2.05) is 6.92 Å². The van der Waals surface area contributed by atoms with Gasteiger partial charge in [-0.25, -0.2) is 4.39 Å². The number of rotatable bonds is 6. The molecule has 2 amide bonds. The van der Waals surface area contributed by atoms with E-state index in [1.165, 1.54) is 24.1 Å². The Bertz CT molecular complexity index is 1170. The van der Waals surface area contributed by atoms with E-state index in [-0.39, 0.29) is 24.3 Å². The molecule has 0 radical (unpaired) electrons. The molecule has 32 heavy (non-hydrogen) atoms. The second kappa shape index (κ2) is 8.93. The molecule has 0 bridgehead atoms. The summed E-state index contributed by atoms with van der Waals surface area (Å²) < 4.78 is 20.2. The van der Waals surface area contributed by atoms with Gasteiger partial charge < -0.3 is 4.74 Å². The van der Waals surface area contributed by atoms with Gasteiger partial charge in [-0.05, 0) is 54.3 Å². The van der Waals surface area contributed by atoms with E-state index in [9.17, 15) is 14.0 Å². The van der Waals surface area contributed by atoms with Crippen LogP contribution in [-0.2, 0) is 6.42 Å². The first-order valence-corrected chi connectivity index (χ1v) is 10.8. The van der Waals surface area contributed by atoms with Crippen LogP contribution in [0.5, 0.6) is 5.75 Å². The van der Waals surface area contributed by atoms with Gasteiger partial charge in [0.15, 0.2) is 0 Å². The van der Waals surface area contributed by atoms with Crippen molar-refractivity contribution in [3.05, 3.63) is 87.2 Å². The fraction of sp³-hybridized carbons (Fsp3) is 0.200. The van der Waals surface area contributed by atoms with Crippen molar-refractivity contribution in [1.82, 2.24) is 4.90 Å². The second-order valence-corrected chi connectivity index (χ2v) is 8.63. The number of carbonyl (C=O) groups is 2. The van der Waals surface area contributed by atoms with Crippen LogP contribution in [-0.4, -0.2) is 30.4 Å². The van der Waals surface area contributed by atoms with E-state index < -0.39 is 5.82 Å². The van der Waals surface area contributed by atoms with Crippen LogP contribution >= 0.6 is 23.2 Å². The largest absolute Gasteiger partial charge is 0.496 e. The molecule has 0 saturated carbocycles. The molecule has 1 aliphatic rings. The standard InChI is InChI=1S/C25H20Cl2FNO3/c1-14(13-29-24(30)17-6-3-4-7-18(17)25(29)31)10-15-11-16(28)12-19(23(15)32-2)22-20(26)8-5-9-21(22)27/h3-9,11-12,14H,10,13H2,1-2H3/t14-/m0/s1. The molecular weight excluding hydrogens is 452 g/mol. The van der Waals surface area contributed by atoms with Crippen LogP contribution in [0.25, 0.3) is 11.1 Å². The number of nitrogens with zero attached hydrogens (tertiary/aromatic N) is 1. The smallest absolute Gasteiger partial charge is 0.261 e. The zero-order chi connectivity index (χ0) is 23.0. The van der Waals surface area contributed by atoms with Gasteiger partial charge in [-0.3, -0.25) is 14.5 Å². The van der Waals surface area contributed by atoms with Gasteiger partial charge >= 0.3 is 0 Å². The van der Waals surface area contributed by atoms with Crippen LogP contribution in [0.4, 0.5) is 4.39 Å². The van der Waals surface area contributed by atoms with E-state index in [2.05, 4.69) is 0 Å². The average molecular weight is 472 g/mol. The van der Waals surface area contributed by atoms with E-state index in [1.54, 1.807) is 42.5 Å². The lowest BCUT2D eigenvalue weighted by atomic mass is 9.94. The van der Waals surface area contributed by atoms with Crippen LogP contribution in [0.1, 0.15) is 33.2 Å². The van der Waals surface area contributed by atoms with E-state index >= 15 is 0 Å². The van der Waals surface area contributed by atoms with Gasteiger partial charge in [0.2, 0.25) is 0 Å². The van der Waals surface area contributed by atoms with Crippen molar-refractivity contribution in [1.29, 1.82) is 0 Å². The lowest BCUT2D eigenvalue weighted by Crippen LogP contribution is -2.34. The molecule has 1 aliphatic heterocycles. The van der Waals surface area contributed by atoms with Crippen LogP contribution < -0.4 is 4.74 Å². The average Bonchev–Trinajstić information content (AvgIpc) is 2.98. The topological polar surface area (TPSA) is 46.6 Å². The summed E-state index contributed by atoms with van der Waals surface area (Å²) in [6, 6.07) is 14.6. The highest BCUT2D eigenvalue weighted by atomic mass is 35.5. The summed E-state index contributed by atoms with van der Waals surface area (Å²) in [6.45, 7) is 2.10. The molecular formula is C25H20Cl2FNO3. The van der Waals surface area contributed by atoms with Gasteiger partial charge in [0, 0.05) is 17.7 Å². The zero-order valence-electron chi connectivity index (χ0n) is 17.5. The Kier molecular flexibility index (Phi) is 6.22. The van der Waals surface area contributed by atoms with Crippen molar-refractivity contribution in [3.63, 3.8) is 0 Å². The Hall–Kier alpha value is -2.89. The molecule has 7 heteroatoms. The van der Waals surface area contributed by atoms with Crippen LogP contribution in [0.15, 0.2) is 54.6 Å². The van der Waals surface area contributed by atoms with Crippen molar-refractivity contribution >= 4 is 35.0 Å². The summed E-state index contributed by atoms with van der Waals surface area (Å²) in [7, 11) is 1.50. The molecule has 4 nitrogen and oxygen atoms in total. The molecule has 0 fully saturated rings. The highest BCUT2D eigenvalue weighted by molar-refractivity contribution is 6.39. The number of methoxy groups -OCH3 is 1. The summed E-state index contributed by atoms with van der Waals surface area (Å²) in [5.41, 5.74) is 2.35.